The van der Waals surface area contributed by atoms with Crippen molar-refractivity contribution in [2.75, 3.05) is 6.54 Å². The largest absolute Gasteiger partial charge is 0.384 e. The molecule has 0 aliphatic heterocycles. The van der Waals surface area contributed by atoms with Crippen LogP contribution in [0.2, 0.25) is 0 Å². The number of halogens is 1. The molecular weight excluding hydrogens is 354 g/mol. The molecule has 0 aromatic heterocycles. The first-order valence-electron chi connectivity index (χ1n) is 6.35. The number of aliphatic hydroxyl groups is 1. The first-order valence-corrected chi connectivity index (χ1v) is 8.63. The molecular formula is C15H16BrNO3S. The third-order valence-corrected chi connectivity index (χ3v) is 5.54. The molecule has 1 atom stereocenters. The summed E-state index contributed by atoms with van der Waals surface area (Å²) in [4.78, 5) is 0.147. The highest BCUT2D eigenvalue weighted by atomic mass is 79.9. The van der Waals surface area contributed by atoms with Gasteiger partial charge < -0.3 is 5.11 Å². The van der Waals surface area contributed by atoms with E-state index >= 15 is 0 Å². The first kappa shape index (κ1) is 16.2. The highest BCUT2D eigenvalue weighted by Crippen LogP contribution is 2.23. The predicted octanol–water partition coefficient (Wildman–Crippen LogP) is 2.64. The normalized spacial score (nSPS) is 14.6. The van der Waals surface area contributed by atoms with E-state index in [4.69, 9.17) is 0 Å². The Balaban J connectivity index is 2.18. The van der Waals surface area contributed by atoms with Gasteiger partial charge in [-0.2, -0.15) is 0 Å². The molecule has 0 aliphatic carbocycles. The topological polar surface area (TPSA) is 66.4 Å². The Bertz CT molecular complexity index is 715. The van der Waals surface area contributed by atoms with Crippen molar-refractivity contribution in [1.82, 2.24) is 4.72 Å². The van der Waals surface area contributed by atoms with Gasteiger partial charge in [0, 0.05) is 11.0 Å². The summed E-state index contributed by atoms with van der Waals surface area (Å²) in [5.74, 6) is 0. The van der Waals surface area contributed by atoms with Crippen LogP contribution in [0.1, 0.15) is 12.5 Å². The fourth-order valence-electron chi connectivity index (χ4n) is 1.88. The Labute approximate surface area is 133 Å². The smallest absolute Gasteiger partial charge is 0.241 e. The van der Waals surface area contributed by atoms with E-state index in [2.05, 4.69) is 20.7 Å². The van der Waals surface area contributed by atoms with Crippen LogP contribution < -0.4 is 4.72 Å². The molecule has 112 valence electrons. The van der Waals surface area contributed by atoms with E-state index in [1.165, 1.54) is 6.07 Å². The summed E-state index contributed by atoms with van der Waals surface area (Å²) in [5, 5.41) is 10.4. The third kappa shape index (κ3) is 3.91. The van der Waals surface area contributed by atoms with Crippen LogP contribution in [0.3, 0.4) is 0 Å². The van der Waals surface area contributed by atoms with Crippen LogP contribution in [0.15, 0.2) is 64.0 Å². The van der Waals surface area contributed by atoms with Crippen molar-refractivity contribution in [3.05, 3.63) is 64.6 Å². The van der Waals surface area contributed by atoms with E-state index in [-0.39, 0.29) is 11.4 Å². The summed E-state index contributed by atoms with van der Waals surface area (Å²) >= 11 is 3.22. The average molecular weight is 370 g/mol. The second-order valence-corrected chi connectivity index (χ2v) is 7.48. The average Bonchev–Trinajstić information content (AvgIpc) is 2.47. The number of nitrogens with one attached hydrogen (secondary N) is 1. The number of benzene rings is 2. The number of hydrogen-bond donors (Lipinski definition) is 2. The highest BCUT2D eigenvalue weighted by molar-refractivity contribution is 9.10. The van der Waals surface area contributed by atoms with Crippen LogP contribution in [0.4, 0.5) is 0 Å². The number of sulfonamides is 1. The Morgan fingerprint density at radius 3 is 2.29 bits per heavy atom. The Morgan fingerprint density at radius 2 is 1.67 bits per heavy atom. The Morgan fingerprint density at radius 1 is 1.10 bits per heavy atom. The quantitative estimate of drug-likeness (QED) is 0.851. The van der Waals surface area contributed by atoms with E-state index in [1.807, 2.05) is 6.07 Å². The zero-order chi connectivity index (χ0) is 15.5. The van der Waals surface area contributed by atoms with E-state index < -0.39 is 15.6 Å². The lowest BCUT2D eigenvalue weighted by atomic mass is 9.97. The molecule has 2 rings (SSSR count). The van der Waals surface area contributed by atoms with E-state index in [1.54, 1.807) is 49.4 Å². The molecule has 2 N–H and O–H groups in total. The van der Waals surface area contributed by atoms with E-state index in [0.29, 0.717) is 10.0 Å². The van der Waals surface area contributed by atoms with E-state index in [9.17, 15) is 13.5 Å². The molecule has 0 saturated heterocycles. The second-order valence-electron chi connectivity index (χ2n) is 4.89. The molecule has 2 aromatic carbocycles. The van der Waals surface area contributed by atoms with Crippen molar-refractivity contribution < 1.29 is 13.5 Å². The van der Waals surface area contributed by atoms with Gasteiger partial charge in [0.15, 0.2) is 0 Å². The van der Waals surface area contributed by atoms with Crippen LogP contribution in [-0.4, -0.2) is 20.1 Å². The summed E-state index contributed by atoms with van der Waals surface area (Å²) in [5.41, 5.74) is -0.630. The zero-order valence-electron chi connectivity index (χ0n) is 11.5. The van der Waals surface area contributed by atoms with Gasteiger partial charge >= 0.3 is 0 Å². The van der Waals surface area contributed by atoms with Gasteiger partial charge in [-0.25, -0.2) is 13.1 Å². The summed E-state index contributed by atoms with van der Waals surface area (Å²) in [6, 6.07) is 15.5. The lowest BCUT2D eigenvalue weighted by molar-refractivity contribution is 0.0627. The monoisotopic (exact) mass is 369 g/mol. The van der Waals surface area contributed by atoms with Crippen molar-refractivity contribution >= 4 is 26.0 Å². The lowest BCUT2D eigenvalue weighted by Crippen LogP contribution is -2.38. The van der Waals surface area contributed by atoms with Crippen molar-refractivity contribution in [2.45, 2.75) is 17.4 Å². The van der Waals surface area contributed by atoms with Gasteiger partial charge in [0.2, 0.25) is 10.0 Å². The SMILES string of the molecule is CC(O)(CNS(=O)(=O)c1ccccc1Br)c1ccccc1. The fourth-order valence-corrected chi connectivity index (χ4v) is 4.01. The summed E-state index contributed by atoms with van der Waals surface area (Å²) < 4.78 is 27.5. The molecule has 0 heterocycles. The molecule has 4 nitrogen and oxygen atoms in total. The van der Waals surface area contributed by atoms with Gasteiger partial charge in [0.25, 0.3) is 0 Å². The van der Waals surface area contributed by atoms with Crippen molar-refractivity contribution in [3.63, 3.8) is 0 Å². The summed E-state index contributed by atoms with van der Waals surface area (Å²) in [6.45, 7) is 1.46. The maximum absolute atomic E-state index is 12.3. The Hall–Kier alpha value is -1.21. The van der Waals surface area contributed by atoms with Gasteiger partial charge in [0.1, 0.15) is 5.60 Å². The molecule has 1 unspecified atom stereocenters. The van der Waals surface area contributed by atoms with Gasteiger partial charge in [-0.3, -0.25) is 0 Å². The van der Waals surface area contributed by atoms with Crippen molar-refractivity contribution in [1.29, 1.82) is 0 Å². The van der Waals surface area contributed by atoms with Crippen molar-refractivity contribution in [2.24, 2.45) is 0 Å². The standard InChI is InChI=1S/C15H16BrNO3S/c1-15(18,12-7-3-2-4-8-12)11-17-21(19,20)14-10-6-5-9-13(14)16/h2-10,17-18H,11H2,1H3. The molecule has 0 aliphatic rings. The van der Waals surface area contributed by atoms with Crippen LogP contribution in [0, 0.1) is 0 Å². The zero-order valence-corrected chi connectivity index (χ0v) is 13.9. The molecule has 2 aromatic rings. The molecule has 0 fully saturated rings. The minimum atomic E-state index is -3.69. The van der Waals surface area contributed by atoms with Crippen LogP contribution in [0.5, 0.6) is 0 Å². The van der Waals surface area contributed by atoms with Gasteiger partial charge in [-0.1, -0.05) is 42.5 Å². The molecule has 0 amide bonds. The number of hydrogen-bond acceptors (Lipinski definition) is 3. The van der Waals surface area contributed by atoms with Crippen molar-refractivity contribution in [3.8, 4) is 0 Å². The highest BCUT2D eigenvalue weighted by Gasteiger charge is 2.26. The minimum Gasteiger partial charge on any atom is -0.384 e. The third-order valence-electron chi connectivity index (χ3n) is 3.13. The summed E-state index contributed by atoms with van der Waals surface area (Å²) in [7, 11) is -3.69. The summed E-state index contributed by atoms with van der Waals surface area (Å²) in [6.07, 6.45) is 0. The molecule has 0 bridgehead atoms. The molecule has 21 heavy (non-hydrogen) atoms. The van der Waals surface area contributed by atoms with Gasteiger partial charge in [0.05, 0.1) is 4.90 Å². The van der Waals surface area contributed by atoms with Gasteiger partial charge in [-0.15, -0.1) is 0 Å². The predicted molar refractivity (Wildman–Crippen MR) is 85.3 cm³/mol. The Kier molecular flexibility index (Phi) is 4.83. The molecule has 6 heteroatoms. The van der Waals surface area contributed by atoms with Gasteiger partial charge in [-0.05, 0) is 40.5 Å². The molecule has 0 spiro atoms. The molecule has 0 radical (unpaired) electrons. The number of rotatable bonds is 5. The first-order chi connectivity index (χ1) is 9.83. The lowest BCUT2D eigenvalue weighted by Gasteiger charge is -2.24. The maximum Gasteiger partial charge on any atom is 0.241 e. The van der Waals surface area contributed by atoms with Crippen LogP contribution >= 0.6 is 15.9 Å². The van der Waals surface area contributed by atoms with E-state index in [0.717, 1.165) is 0 Å². The minimum absolute atomic E-state index is 0.110. The fraction of sp³-hybridized carbons (Fsp3) is 0.200. The maximum atomic E-state index is 12.3. The second kappa shape index (κ2) is 6.27. The molecule has 0 saturated carbocycles. The van der Waals surface area contributed by atoms with Crippen LogP contribution in [0.25, 0.3) is 0 Å². The van der Waals surface area contributed by atoms with Crippen LogP contribution in [-0.2, 0) is 15.6 Å².